The van der Waals surface area contributed by atoms with E-state index in [0.717, 1.165) is 11.3 Å². The van der Waals surface area contributed by atoms with E-state index in [1.54, 1.807) is 0 Å². The molecule has 5 nitrogen and oxygen atoms in total. The van der Waals surface area contributed by atoms with Gasteiger partial charge < -0.3 is 14.8 Å². The molecule has 0 aromatic carbocycles. The molecule has 0 atom stereocenters. The molecular weight excluding hydrogens is 218 g/mol. The Morgan fingerprint density at radius 1 is 1.47 bits per heavy atom. The Balaban J connectivity index is 1.87. The molecule has 2 N–H and O–H groups in total. The maximum Gasteiger partial charge on any atom is 0.404 e. The van der Waals surface area contributed by atoms with Crippen LogP contribution in [-0.4, -0.2) is 20.6 Å². The van der Waals surface area contributed by atoms with E-state index in [1.807, 2.05) is 16.7 Å². The van der Waals surface area contributed by atoms with E-state index in [-0.39, 0.29) is 6.54 Å². The van der Waals surface area contributed by atoms with Gasteiger partial charge in [-0.1, -0.05) is 6.07 Å². The van der Waals surface area contributed by atoms with Gasteiger partial charge in [-0.15, -0.1) is 0 Å². The zero-order valence-corrected chi connectivity index (χ0v) is 9.26. The van der Waals surface area contributed by atoms with E-state index in [1.165, 1.54) is 18.4 Å². The molecule has 0 aliphatic heterocycles. The van der Waals surface area contributed by atoms with Gasteiger partial charge in [0.1, 0.15) is 5.65 Å². The predicted octanol–water partition coefficient (Wildman–Crippen LogP) is 1.98. The third kappa shape index (κ3) is 2.08. The van der Waals surface area contributed by atoms with Gasteiger partial charge in [-0.2, -0.15) is 0 Å². The fraction of sp³-hybridized carbons (Fsp3) is 0.333. The largest absolute Gasteiger partial charge is 0.465 e. The number of pyridine rings is 1. The number of rotatable bonds is 3. The van der Waals surface area contributed by atoms with Crippen molar-refractivity contribution in [2.24, 2.45) is 0 Å². The summed E-state index contributed by atoms with van der Waals surface area (Å²) in [6.45, 7) is 0.246. The first kappa shape index (κ1) is 10.1. The van der Waals surface area contributed by atoms with E-state index in [0.29, 0.717) is 5.92 Å². The molecule has 2 aromatic rings. The van der Waals surface area contributed by atoms with Crippen molar-refractivity contribution >= 4 is 11.7 Å². The first-order valence-electron chi connectivity index (χ1n) is 5.67. The van der Waals surface area contributed by atoms with Gasteiger partial charge in [0.2, 0.25) is 0 Å². The summed E-state index contributed by atoms with van der Waals surface area (Å²) in [6, 6.07) is 4.09. The Hall–Kier alpha value is -2.04. The van der Waals surface area contributed by atoms with E-state index in [9.17, 15) is 4.79 Å². The van der Waals surface area contributed by atoms with Gasteiger partial charge in [0.15, 0.2) is 0 Å². The quantitative estimate of drug-likeness (QED) is 0.848. The lowest BCUT2D eigenvalue weighted by molar-refractivity contribution is 0.194. The molecule has 0 bridgehead atoms. The van der Waals surface area contributed by atoms with Crippen molar-refractivity contribution in [3.05, 3.63) is 35.8 Å². The maximum atomic E-state index is 10.4. The zero-order chi connectivity index (χ0) is 11.8. The molecule has 5 heteroatoms. The molecule has 1 saturated carbocycles. The smallest absolute Gasteiger partial charge is 0.404 e. The van der Waals surface area contributed by atoms with Gasteiger partial charge in [0.05, 0.1) is 12.2 Å². The first-order valence-corrected chi connectivity index (χ1v) is 5.67. The molecule has 88 valence electrons. The normalized spacial score (nSPS) is 15.1. The lowest BCUT2D eigenvalue weighted by atomic mass is 10.2. The molecule has 0 unspecified atom stereocenters. The summed E-state index contributed by atoms with van der Waals surface area (Å²) in [6.07, 6.45) is 5.48. The highest BCUT2D eigenvalue weighted by Gasteiger charge is 2.23. The van der Waals surface area contributed by atoms with Crippen LogP contribution in [0.25, 0.3) is 5.65 Å². The Kier molecular flexibility index (Phi) is 2.24. The average Bonchev–Trinajstić information content (AvgIpc) is 3.06. The molecular formula is C12H13N3O2. The van der Waals surface area contributed by atoms with Crippen LogP contribution in [0.4, 0.5) is 4.79 Å². The van der Waals surface area contributed by atoms with Gasteiger partial charge in [0, 0.05) is 12.4 Å². The highest BCUT2D eigenvalue weighted by molar-refractivity contribution is 5.64. The summed E-state index contributed by atoms with van der Waals surface area (Å²) in [4.78, 5) is 14.7. The summed E-state index contributed by atoms with van der Waals surface area (Å²) in [5.74, 6) is 0.711. The van der Waals surface area contributed by atoms with Crippen LogP contribution >= 0.6 is 0 Å². The number of imidazole rings is 1. The zero-order valence-electron chi connectivity index (χ0n) is 9.26. The summed E-state index contributed by atoms with van der Waals surface area (Å²) >= 11 is 0. The van der Waals surface area contributed by atoms with E-state index in [2.05, 4.69) is 22.6 Å². The SMILES string of the molecule is O=C(O)NCc1cn2cc(C3CC3)ccc2n1. The third-order valence-electron chi connectivity index (χ3n) is 2.99. The maximum absolute atomic E-state index is 10.4. The second kappa shape index (κ2) is 3.76. The highest BCUT2D eigenvalue weighted by Crippen LogP contribution is 2.39. The van der Waals surface area contributed by atoms with E-state index in [4.69, 9.17) is 5.11 Å². The van der Waals surface area contributed by atoms with Crippen molar-refractivity contribution in [2.75, 3.05) is 0 Å². The minimum atomic E-state index is -1.03. The number of carbonyl (C=O) groups is 1. The van der Waals surface area contributed by atoms with Gasteiger partial charge in [-0.3, -0.25) is 0 Å². The molecule has 0 spiro atoms. The molecule has 1 aliphatic carbocycles. The molecule has 3 rings (SSSR count). The Bertz CT molecular complexity index is 572. The van der Waals surface area contributed by atoms with Gasteiger partial charge >= 0.3 is 6.09 Å². The Morgan fingerprint density at radius 3 is 3.00 bits per heavy atom. The molecule has 2 aromatic heterocycles. The standard InChI is InChI=1S/C12H13N3O2/c16-12(17)13-5-10-7-15-6-9(8-1-2-8)3-4-11(15)14-10/h3-4,6-8,13H,1-2,5H2,(H,16,17). The van der Waals surface area contributed by atoms with Crippen LogP contribution in [0.2, 0.25) is 0 Å². The van der Waals surface area contributed by atoms with Crippen LogP contribution in [0.3, 0.4) is 0 Å². The first-order chi connectivity index (χ1) is 8.22. The topological polar surface area (TPSA) is 66.6 Å². The van der Waals surface area contributed by atoms with Gasteiger partial charge in [-0.25, -0.2) is 9.78 Å². The average molecular weight is 231 g/mol. The number of amides is 1. The molecule has 0 radical (unpaired) electrons. The Morgan fingerprint density at radius 2 is 2.29 bits per heavy atom. The van der Waals surface area contributed by atoms with Crippen molar-refractivity contribution in [3.63, 3.8) is 0 Å². The molecule has 2 heterocycles. The van der Waals surface area contributed by atoms with Crippen molar-refractivity contribution in [1.82, 2.24) is 14.7 Å². The molecule has 0 saturated heterocycles. The van der Waals surface area contributed by atoms with E-state index < -0.39 is 6.09 Å². The van der Waals surface area contributed by atoms with Gasteiger partial charge in [0.25, 0.3) is 0 Å². The summed E-state index contributed by atoms with van der Waals surface area (Å²) in [5, 5.41) is 10.8. The predicted molar refractivity (Wildman–Crippen MR) is 62.0 cm³/mol. The molecule has 1 aliphatic rings. The second-order valence-electron chi connectivity index (χ2n) is 4.39. The van der Waals surface area contributed by atoms with Crippen molar-refractivity contribution in [3.8, 4) is 0 Å². The fourth-order valence-electron chi connectivity index (χ4n) is 1.97. The summed E-state index contributed by atoms with van der Waals surface area (Å²) < 4.78 is 1.96. The highest BCUT2D eigenvalue weighted by atomic mass is 16.4. The van der Waals surface area contributed by atoms with Gasteiger partial charge in [-0.05, 0) is 30.4 Å². The minimum Gasteiger partial charge on any atom is -0.465 e. The fourth-order valence-corrected chi connectivity index (χ4v) is 1.97. The Labute approximate surface area is 98.1 Å². The number of hydrogen-bond acceptors (Lipinski definition) is 2. The van der Waals surface area contributed by atoms with Crippen LogP contribution < -0.4 is 5.32 Å². The molecule has 17 heavy (non-hydrogen) atoms. The minimum absolute atomic E-state index is 0.246. The summed E-state index contributed by atoms with van der Waals surface area (Å²) in [5.41, 5.74) is 2.93. The molecule has 1 amide bonds. The van der Waals surface area contributed by atoms with Crippen molar-refractivity contribution in [2.45, 2.75) is 25.3 Å². The number of hydrogen-bond donors (Lipinski definition) is 2. The second-order valence-corrected chi connectivity index (χ2v) is 4.39. The third-order valence-corrected chi connectivity index (χ3v) is 2.99. The number of nitrogens with zero attached hydrogens (tertiary/aromatic N) is 2. The van der Waals surface area contributed by atoms with Crippen LogP contribution in [-0.2, 0) is 6.54 Å². The van der Waals surface area contributed by atoms with Crippen LogP contribution in [0.1, 0.15) is 30.0 Å². The lowest BCUT2D eigenvalue weighted by Crippen LogP contribution is -2.19. The number of fused-ring (bicyclic) bond motifs is 1. The number of carboxylic acid groups (broad SMARTS) is 1. The van der Waals surface area contributed by atoms with E-state index >= 15 is 0 Å². The number of aromatic nitrogens is 2. The monoisotopic (exact) mass is 231 g/mol. The van der Waals surface area contributed by atoms with Crippen LogP contribution in [0.5, 0.6) is 0 Å². The van der Waals surface area contributed by atoms with Crippen LogP contribution in [0, 0.1) is 0 Å². The van der Waals surface area contributed by atoms with Crippen LogP contribution in [0.15, 0.2) is 24.5 Å². The van der Waals surface area contributed by atoms with Crippen molar-refractivity contribution < 1.29 is 9.90 Å². The number of nitrogens with one attached hydrogen (secondary N) is 1. The van der Waals surface area contributed by atoms with Crippen molar-refractivity contribution in [1.29, 1.82) is 0 Å². The molecule has 1 fully saturated rings. The lowest BCUT2D eigenvalue weighted by Gasteiger charge is -1.98. The summed E-state index contributed by atoms with van der Waals surface area (Å²) in [7, 11) is 0.